The van der Waals surface area contributed by atoms with Crippen molar-refractivity contribution in [1.29, 1.82) is 0 Å². The largest absolute Gasteiger partial charge is 0.368 e. The first-order chi connectivity index (χ1) is 4.71. The van der Waals surface area contributed by atoms with Gasteiger partial charge in [-0.2, -0.15) is 11.8 Å². The van der Waals surface area contributed by atoms with Gasteiger partial charge in [0.2, 0.25) is 5.91 Å². The van der Waals surface area contributed by atoms with Crippen molar-refractivity contribution in [2.24, 2.45) is 5.73 Å². The average Bonchev–Trinajstić information content (AvgIpc) is 2.35. The van der Waals surface area contributed by atoms with Crippen molar-refractivity contribution < 1.29 is 4.79 Å². The van der Waals surface area contributed by atoms with Crippen molar-refractivity contribution in [3.8, 4) is 0 Å². The smallest absolute Gasteiger partial charge is 0.238 e. The minimum Gasteiger partial charge on any atom is -0.368 e. The standard InChI is InChI=1S/C6H12N2OS/c1-8-6(5(7)9)2-3-10-4-6/h8H,2-4H2,1H3,(H2,7,9). The third-order valence-electron chi connectivity index (χ3n) is 1.97. The highest BCUT2D eigenvalue weighted by atomic mass is 32.2. The molecular formula is C6H12N2OS. The fourth-order valence-electron chi connectivity index (χ4n) is 1.08. The first-order valence-corrected chi connectivity index (χ1v) is 4.43. The number of rotatable bonds is 2. The summed E-state index contributed by atoms with van der Waals surface area (Å²) in [5, 5.41) is 2.98. The van der Waals surface area contributed by atoms with Crippen LogP contribution in [0.15, 0.2) is 0 Å². The molecule has 0 aliphatic carbocycles. The van der Waals surface area contributed by atoms with Crippen molar-refractivity contribution in [2.75, 3.05) is 18.6 Å². The third-order valence-corrected chi connectivity index (χ3v) is 3.16. The lowest BCUT2D eigenvalue weighted by Crippen LogP contribution is -2.54. The second-order valence-corrected chi connectivity index (χ2v) is 3.60. The van der Waals surface area contributed by atoms with E-state index in [1.807, 2.05) is 0 Å². The van der Waals surface area contributed by atoms with Gasteiger partial charge in [-0.25, -0.2) is 0 Å². The number of hydrogen-bond donors (Lipinski definition) is 2. The Kier molecular flexibility index (Phi) is 2.21. The molecule has 58 valence electrons. The van der Waals surface area contributed by atoms with Gasteiger partial charge in [-0.15, -0.1) is 0 Å². The van der Waals surface area contributed by atoms with E-state index in [-0.39, 0.29) is 5.91 Å². The molecule has 1 rings (SSSR count). The molecule has 1 amide bonds. The molecule has 10 heavy (non-hydrogen) atoms. The molecule has 0 bridgehead atoms. The summed E-state index contributed by atoms with van der Waals surface area (Å²) in [6.07, 6.45) is 0.865. The quantitative estimate of drug-likeness (QED) is 0.576. The Hall–Kier alpha value is -0.220. The van der Waals surface area contributed by atoms with Crippen molar-refractivity contribution >= 4 is 17.7 Å². The normalized spacial score (nSPS) is 32.5. The molecule has 0 aromatic carbocycles. The molecule has 0 saturated carbocycles. The van der Waals surface area contributed by atoms with E-state index < -0.39 is 5.54 Å². The highest BCUT2D eigenvalue weighted by Crippen LogP contribution is 2.26. The van der Waals surface area contributed by atoms with Gasteiger partial charge in [0.15, 0.2) is 0 Å². The average molecular weight is 160 g/mol. The molecule has 0 radical (unpaired) electrons. The van der Waals surface area contributed by atoms with Gasteiger partial charge in [-0.3, -0.25) is 4.79 Å². The Labute approximate surface area is 64.7 Å². The predicted molar refractivity (Wildman–Crippen MR) is 42.9 cm³/mol. The summed E-state index contributed by atoms with van der Waals surface area (Å²) in [6, 6.07) is 0. The Morgan fingerprint density at radius 1 is 1.80 bits per heavy atom. The van der Waals surface area contributed by atoms with Gasteiger partial charge in [-0.05, 0) is 19.2 Å². The zero-order valence-corrected chi connectivity index (χ0v) is 6.83. The number of nitrogens with one attached hydrogen (secondary N) is 1. The van der Waals surface area contributed by atoms with Crippen LogP contribution in [0, 0.1) is 0 Å². The molecule has 1 aliphatic heterocycles. The molecule has 1 atom stereocenters. The van der Waals surface area contributed by atoms with Gasteiger partial charge in [0, 0.05) is 5.75 Å². The maximum absolute atomic E-state index is 10.9. The highest BCUT2D eigenvalue weighted by Gasteiger charge is 2.38. The fourth-order valence-corrected chi connectivity index (χ4v) is 2.50. The van der Waals surface area contributed by atoms with Crippen LogP contribution in [-0.4, -0.2) is 30.0 Å². The summed E-state index contributed by atoms with van der Waals surface area (Å²) in [6.45, 7) is 0. The van der Waals surface area contributed by atoms with Gasteiger partial charge in [0.1, 0.15) is 5.54 Å². The molecule has 1 heterocycles. The van der Waals surface area contributed by atoms with Crippen molar-refractivity contribution in [1.82, 2.24) is 5.32 Å². The Balaban J connectivity index is 2.67. The topological polar surface area (TPSA) is 55.1 Å². The minimum absolute atomic E-state index is 0.222. The predicted octanol–water partition coefficient (Wildman–Crippen LogP) is -0.433. The summed E-state index contributed by atoms with van der Waals surface area (Å²) < 4.78 is 0. The highest BCUT2D eigenvalue weighted by molar-refractivity contribution is 7.99. The molecule has 3 N–H and O–H groups in total. The van der Waals surface area contributed by atoms with Crippen LogP contribution >= 0.6 is 11.8 Å². The number of carbonyl (C=O) groups is 1. The summed E-state index contributed by atoms with van der Waals surface area (Å²) in [4.78, 5) is 10.9. The Morgan fingerprint density at radius 3 is 2.70 bits per heavy atom. The van der Waals surface area contributed by atoms with Gasteiger partial charge < -0.3 is 11.1 Å². The van der Waals surface area contributed by atoms with Crippen LogP contribution in [-0.2, 0) is 4.79 Å². The van der Waals surface area contributed by atoms with Crippen molar-refractivity contribution in [3.63, 3.8) is 0 Å². The maximum Gasteiger partial charge on any atom is 0.238 e. The number of nitrogens with two attached hydrogens (primary N) is 1. The molecule has 1 fully saturated rings. The zero-order valence-electron chi connectivity index (χ0n) is 6.02. The number of hydrogen-bond acceptors (Lipinski definition) is 3. The van der Waals surface area contributed by atoms with Crippen LogP contribution in [0.5, 0.6) is 0 Å². The molecule has 1 saturated heterocycles. The lowest BCUT2D eigenvalue weighted by atomic mass is 9.99. The van der Waals surface area contributed by atoms with Gasteiger partial charge in [-0.1, -0.05) is 0 Å². The van der Waals surface area contributed by atoms with Gasteiger partial charge in [0.25, 0.3) is 0 Å². The second-order valence-electron chi connectivity index (χ2n) is 2.50. The third kappa shape index (κ3) is 1.13. The summed E-state index contributed by atoms with van der Waals surface area (Å²) >= 11 is 1.77. The SMILES string of the molecule is CNC1(C(N)=O)CCSC1. The summed E-state index contributed by atoms with van der Waals surface area (Å²) in [7, 11) is 1.79. The van der Waals surface area contributed by atoms with E-state index in [0.717, 1.165) is 17.9 Å². The molecule has 0 aromatic rings. The monoisotopic (exact) mass is 160 g/mol. The number of likely N-dealkylation sites (N-methyl/N-ethyl adjacent to an activating group) is 1. The van der Waals surface area contributed by atoms with Gasteiger partial charge in [0.05, 0.1) is 0 Å². The molecule has 4 heteroatoms. The molecule has 0 aromatic heterocycles. The van der Waals surface area contributed by atoms with E-state index in [1.54, 1.807) is 18.8 Å². The summed E-state index contributed by atoms with van der Waals surface area (Å²) in [5.41, 5.74) is 4.82. The van der Waals surface area contributed by atoms with Crippen LogP contribution < -0.4 is 11.1 Å². The lowest BCUT2D eigenvalue weighted by molar-refractivity contribution is -0.123. The van der Waals surface area contributed by atoms with Crippen LogP contribution in [0.4, 0.5) is 0 Å². The lowest BCUT2D eigenvalue weighted by Gasteiger charge is -2.22. The van der Waals surface area contributed by atoms with Gasteiger partial charge >= 0.3 is 0 Å². The van der Waals surface area contributed by atoms with E-state index in [2.05, 4.69) is 5.32 Å². The molecular weight excluding hydrogens is 148 g/mol. The second kappa shape index (κ2) is 2.80. The van der Waals surface area contributed by atoms with E-state index in [0.29, 0.717) is 0 Å². The zero-order chi connectivity index (χ0) is 7.61. The van der Waals surface area contributed by atoms with Crippen molar-refractivity contribution in [2.45, 2.75) is 12.0 Å². The Bertz CT molecular complexity index is 143. The molecule has 1 aliphatic rings. The number of primary amides is 1. The van der Waals surface area contributed by atoms with E-state index in [1.165, 1.54) is 0 Å². The molecule has 1 unspecified atom stereocenters. The first-order valence-electron chi connectivity index (χ1n) is 3.28. The number of carbonyl (C=O) groups excluding carboxylic acids is 1. The van der Waals surface area contributed by atoms with Crippen molar-refractivity contribution in [3.05, 3.63) is 0 Å². The van der Waals surface area contributed by atoms with E-state index >= 15 is 0 Å². The van der Waals surface area contributed by atoms with Crippen LogP contribution in [0.2, 0.25) is 0 Å². The minimum atomic E-state index is -0.412. The van der Waals surface area contributed by atoms with Crippen LogP contribution in [0.3, 0.4) is 0 Å². The first kappa shape index (κ1) is 7.88. The molecule has 3 nitrogen and oxygen atoms in total. The summed E-state index contributed by atoms with van der Waals surface area (Å²) in [5.74, 6) is 1.63. The molecule has 0 spiro atoms. The maximum atomic E-state index is 10.9. The fraction of sp³-hybridized carbons (Fsp3) is 0.833. The Morgan fingerprint density at radius 2 is 2.50 bits per heavy atom. The van der Waals surface area contributed by atoms with E-state index in [9.17, 15) is 4.79 Å². The van der Waals surface area contributed by atoms with E-state index in [4.69, 9.17) is 5.73 Å². The number of amides is 1. The van der Waals surface area contributed by atoms with Crippen LogP contribution in [0.1, 0.15) is 6.42 Å². The van der Waals surface area contributed by atoms with Crippen LogP contribution in [0.25, 0.3) is 0 Å². The number of thioether (sulfide) groups is 1.